The van der Waals surface area contributed by atoms with Crippen molar-refractivity contribution in [3.05, 3.63) is 22.8 Å². The van der Waals surface area contributed by atoms with Crippen LogP contribution >= 0.6 is 15.9 Å². The fourth-order valence-corrected chi connectivity index (χ4v) is 2.53. The Hall–Kier alpha value is -1.14. The minimum atomic E-state index is 0.223. The van der Waals surface area contributed by atoms with E-state index in [1.807, 2.05) is 10.6 Å². The van der Waals surface area contributed by atoms with Gasteiger partial charge in [-0.2, -0.15) is 0 Å². The largest absolute Gasteiger partial charge is 0.382 e. The van der Waals surface area contributed by atoms with Crippen molar-refractivity contribution in [1.29, 1.82) is 0 Å². The van der Waals surface area contributed by atoms with Crippen LogP contribution < -0.4 is 11.1 Å². The number of nitrogens with one attached hydrogen (secondary N) is 1. The van der Waals surface area contributed by atoms with Gasteiger partial charge in [0.1, 0.15) is 15.9 Å². The molecule has 2 heterocycles. The zero-order valence-corrected chi connectivity index (χ0v) is 11.5. The molecule has 6 heteroatoms. The van der Waals surface area contributed by atoms with E-state index in [2.05, 4.69) is 45.1 Å². The van der Waals surface area contributed by atoms with Crippen molar-refractivity contribution >= 4 is 27.3 Å². The van der Waals surface area contributed by atoms with E-state index in [1.165, 1.54) is 0 Å². The van der Waals surface area contributed by atoms with Gasteiger partial charge in [-0.25, -0.2) is 9.97 Å². The molecule has 2 rings (SSSR count). The SMILES string of the molecule is CCNC(CC)c1nc(Br)c2c(N)nccn12. The van der Waals surface area contributed by atoms with Gasteiger partial charge in [-0.05, 0) is 28.9 Å². The molecule has 2 aromatic heterocycles. The van der Waals surface area contributed by atoms with E-state index in [9.17, 15) is 0 Å². The van der Waals surface area contributed by atoms with Crippen LogP contribution in [0.4, 0.5) is 5.82 Å². The molecule has 0 aliphatic carbocycles. The molecule has 3 N–H and O–H groups in total. The molecule has 0 aliphatic rings. The fourth-order valence-electron chi connectivity index (χ4n) is 1.95. The van der Waals surface area contributed by atoms with E-state index in [0.29, 0.717) is 5.82 Å². The number of aromatic nitrogens is 3. The Balaban J connectivity index is 2.58. The highest BCUT2D eigenvalue weighted by Gasteiger charge is 2.18. The van der Waals surface area contributed by atoms with Crippen LogP contribution in [-0.2, 0) is 0 Å². The summed E-state index contributed by atoms with van der Waals surface area (Å²) in [6.45, 7) is 5.13. The molecule has 2 aromatic rings. The first-order chi connectivity index (χ1) is 8.19. The van der Waals surface area contributed by atoms with Gasteiger partial charge in [0, 0.05) is 12.4 Å². The number of hydrogen-bond acceptors (Lipinski definition) is 4. The maximum atomic E-state index is 5.86. The maximum Gasteiger partial charge on any atom is 0.150 e. The van der Waals surface area contributed by atoms with Crippen LogP contribution in [0.2, 0.25) is 0 Å². The van der Waals surface area contributed by atoms with E-state index in [1.54, 1.807) is 6.20 Å². The molecule has 0 amide bonds. The molecule has 0 radical (unpaired) electrons. The van der Waals surface area contributed by atoms with Gasteiger partial charge >= 0.3 is 0 Å². The van der Waals surface area contributed by atoms with Gasteiger partial charge in [0.15, 0.2) is 5.82 Å². The molecule has 92 valence electrons. The molecule has 0 spiro atoms. The molecule has 0 saturated heterocycles. The van der Waals surface area contributed by atoms with Gasteiger partial charge in [0.25, 0.3) is 0 Å². The van der Waals surface area contributed by atoms with Crippen LogP contribution in [0.5, 0.6) is 0 Å². The third-order valence-electron chi connectivity index (χ3n) is 2.74. The Labute approximate surface area is 109 Å². The molecule has 0 bridgehead atoms. The summed E-state index contributed by atoms with van der Waals surface area (Å²) in [6, 6.07) is 0.223. The summed E-state index contributed by atoms with van der Waals surface area (Å²) in [6.07, 6.45) is 4.55. The highest BCUT2D eigenvalue weighted by Crippen LogP contribution is 2.26. The van der Waals surface area contributed by atoms with Gasteiger partial charge in [-0.1, -0.05) is 13.8 Å². The second-order valence-electron chi connectivity index (χ2n) is 3.81. The fraction of sp³-hybridized carbons (Fsp3) is 0.455. The summed E-state index contributed by atoms with van der Waals surface area (Å²) in [5.41, 5.74) is 6.70. The van der Waals surface area contributed by atoms with Crippen LogP contribution in [0.1, 0.15) is 32.1 Å². The minimum Gasteiger partial charge on any atom is -0.382 e. The van der Waals surface area contributed by atoms with Gasteiger partial charge in [-0.15, -0.1) is 0 Å². The van der Waals surface area contributed by atoms with Crippen molar-refractivity contribution in [2.75, 3.05) is 12.3 Å². The van der Waals surface area contributed by atoms with Crippen LogP contribution in [-0.4, -0.2) is 20.9 Å². The molecular weight excluding hydrogens is 282 g/mol. The van der Waals surface area contributed by atoms with E-state index in [-0.39, 0.29) is 6.04 Å². The third kappa shape index (κ3) is 2.14. The zero-order valence-electron chi connectivity index (χ0n) is 9.94. The first-order valence-electron chi connectivity index (χ1n) is 5.70. The number of nitrogens with two attached hydrogens (primary N) is 1. The monoisotopic (exact) mass is 297 g/mol. The van der Waals surface area contributed by atoms with E-state index in [0.717, 1.165) is 28.9 Å². The van der Waals surface area contributed by atoms with E-state index >= 15 is 0 Å². The van der Waals surface area contributed by atoms with Gasteiger partial charge in [-0.3, -0.25) is 4.40 Å². The maximum absolute atomic E-state index is 5.86. The second kappa shape index (κ2) is 5.01. The summed E-state index contributed by atoms with van der Waals surface area (Å²) in [5.74, 6) is 1.45. The topological polar surface area (TPSA) is 68.2 Å². The van der Waals surface area contributed by atoms with Crippen LogP contribution in [0.15, 0.2) is 17.0 Å². The Morgan fingerprint density at radius 3 is 2.94 bits per heavy atom. The van der Waals surface area contributed by atoms with Gasteiger partial charge < -0.3 is 11.1 Å². The minimum absolute atomic E-state index is 0.223. The zero-order chi connectivity index (χ0) is 12.4. The van der Waals surface area contributed by atoms with Crippen molar-refractivity contribution in [2.24, 2.45) is 0 Å². The van der Waals surface area contributed by atoms with Crippen LogP contribution in [0, 0.1) is 0 Å². The quantitative estimate of drug-likeness (QED) is 0.907. The molecule has 17 heavy (non-hydrogen) atoms. The van der Waals surface area contributed by atoms with Crippen LogP contribution in [0.25, 0.3) is 5.52 Å². The highest BCUT2D eigenvalue weighted by molar-refractivity contribution is 9.10. The standard InChI is InChI=1S/C11H16BrN5/c1-3-7(14-4-2)11-16-9(12)8-10(13)15-5-6-17(8)11/h5-7,14H,3-4H2,1-2H3,(H2,13,15). The molecule has 5 nitrogen and oxygen atoms in total. The van der Waals surface area contributed by atoms with Crippen molar-refractivity contribution in [3.63, 3.8) is 0 Å². The lowest BCUT2D eigenvalue weighted by Crippen LogP contribution is -2.22. The number of rotatable bonds is 4. The Kier molecular flexibility index (Phi) is 3.63. The van der Waals surface area contributed by atoms with Crippen LogP contribution in [0.3, 0.4) is 0 Å². The number of fused-ring (bicyclic) bond motifs is 1. The lowest BCUT2D eigenvalue weighted by Gasteiger charge is -2.14. The average molecular weight is 298 g/mol. The predicted molar refractivity (Wildman–Crippen MR) is 71.8 cm³/mol. The molecule has 0 fully saturated rings. The van der Waals surface area contributed by atoms with Crippen molar-refractivity contribution in [2.45, 2.75) is 26.3 Å². The number of nitrogens with zero attached hydrogens (tertiary/aromatic N) is 3. The molecule has 0 aromatic carbocycles. The lowest BCUT2D eigenvalue weighted by molar-refractivity contribution is 0.508. The lowest BCUT2D eigenvalue weighted by atomic mass is 10.2. The summed E-state index contributed by atoms with van der Waals surface area (Å²) in [4.78, 5) is 8.62. The number of hydrogen-bond donors (Lipinski definition) is 2. The third-order valence-corrected chi connectivity index (χ3v) is 3.29. The Bertz CT molecular complexity index is 522. The normalized spacial score (nSPS) is 13.1. The predicted octanol–water partition coefficient (Wildman–Crippen LogP) is 2.13. The van der Waals surface area contributed by atoms with Crippen molar-refractivity contribution < 1.29 is 0 Å². The molecule has 1 atom stereocenters. The average Bonchev–Trinajstić information content (AvgIpc) is 2.65. The molecule has 0 saturated carbocycles. The smallest absolute Gasteiger partial charge is 0.150 e. The van der Waals surface area contributed by atoms with E-state index in [4.69, 9.17) is 5.73 Å². The molecular formula is C11H16BrN5. The van der Waals surface area contributed by atoms with Crippen molar-refractivity contribution in [3.8, 4) is 0 Å². The molecule has 1 unspecified atom stereocenters. The summed E-state index contributed by atoms with van der Waals surface area (Å²) in [7, 11) is 0. The van der Waals surface area contributed by atoms with Crippen molar-refractivity contribution in [1.82, 2.24) is 19.7 Å². The first kappa shape index (κ1) is 12.3. The highest BCUT2D eigenvalue weighted by atomic mass is 79.9. The Morgan fingerprint density at radius 1 is 1.53 bits per heavy atom. The number of imidazole rings is 1. The summed E-state index contributed by atoms with van der Waals surface area (Å²) < 4.78 is 2.73. The second-order valence-corrected chi connectivity index (χ2v) is 4.56. The number of halogens is 1. The van der Waals surface area contributed by atoms with E-state index < -0.39 is 0 Å². The number of anilines is 1. The van der Waals surface area contributed by atoms with Gasteiger partial charge in [0.05, 0.1) is 6.04 Å². The number of nitrogen functional groups attached to an aromatic ring is 1. The summed E-state index contributed by atoms with van der Waals surface area (Å²) in [5, 5.41) is 3.41. The molecule has 0 aliphatic heterocycles. The summed E-state index contributed by atoms with van der Waals surface area (Å²) >= 11 is 3.44. The van der Waals surface area contributed by atoms with Gasteiger partial charge in [0.2, 0.25) is 0 Å². The Morgan fingerprint density at radius 2 is 2.29 bits per heavy atom. The first-order valence-corrected chi connectivity index (χ1v) is 6.49.